The third-order valence-electron chi connectivity index (χ3n) is 5.58. The average Bonchev–Trinajstić information content (AvgIpc) is 2.58. The number of carbonyl (C=O) groups excluding carboxylic acids is 1. The number of cyclic esters (lactones) is 1. The first-order valence-corrected chi connectivity index (χ1v) is 6.83. The maximum Gasteiger partial charge on any atom is 0.339 e. The second-order valence-electron chi connectivity index (χ2n) is 6.36. The molecule has 0 amide bonds. The number of carbonyl (C=O) groups is 1. The van der Waals surface area contributed by atoms with Crippen molar-refractivity contribution in [1.82, 2.24) is 0 Å². The molecule has 1 saturated carbocycles. The van der Waals surface area contributed by atoms with Crippen LogP contribution in [0.3, 0.4) is 0 Å². The summed E-state index contributed by atoms with van der Waals surface area (Å²) in [6.07, 6.45) is 2.58. The van der Waals surface area contributed by atoms with E-state index in [1.807, 2.05) is 6.92 Å². The smallest absolute Gasteiger partial charge is 0.339 e. The molecule has 0 aromatic carbocycles. The van der Waals surface area contributed by atoms with E-state index in [0.717, 1.165) is 18.4 Å². The zero-order valence-corrected chi connectivity index (χ0v) is 11.3. The molecule has 3 aliphatic rings. The van der Waals surface area contributed by atoms with Gasteiger partial charge in [-0.1, -0.05) is 32.1 Å². The largest absolute Gasteiger partial charge is 0.429 e. The standard InChI is InChI=1S/C15H20O4/c1-8-6-7-14(3)10(9(8)2)4-5-11-12(16)19-13(17)15(11,14)18/h5,8,10,13,17-18H,2,4,6-7H2,1,3H3. The zero-order valence-electron chi connectivity index (χ0n) is 11.3. The van der Waals surface area contributed by atoms with Crippen LogP contribution in [0.25, 0.3) is 0 Å². The van der Waals surface area contributed by atoms with Gasteiger partial charge in [0, 0.05) is 5.41 Å². The number of allylic oxidation sites excluding steroid dienone is 2. The summed E-state index contributed by atoms with van der Waals surface area (Å²) in [5.41, 5.74) is -0.868. The van der Waals surface area contributed by atoms with Crippen molar-refractivity contribution in [2.45, 2.75) is 45.0 Å². The first kappa shape index (κ1) is 12.9. The van der Waals surface area contributed by atoms with E-state index in [9.17, 15) is 15.0 Å². The van der Waals surface area contributed by atoms with Crippen LogP contribution < -0.4 is 0 Å². The number of aliphatic hydroxyl groups excluding tert-OH is 1. The molecule has 4 heteroatoms. The summed E-state index contributed by atoms with van der Waals surface area (Å²) < 4.78 is 4.86. The van der Waals surface area contributed by atoms with Gasteiger partial charge in [0.15, 0.2) is 5.60 Å². The highest BCUT2D eigenvalue weighted by Crippen LogP contribution is 2.60. The minimum absolute atomic E-state index is 0.0779. The maximum absolute atomic E-state index is 11.8. The van der Waals surface area contributed by atoms with E-state index in [-0.39, 0.29) is 11.5 Å². The Morgan fingerprint density at radius 1 is 1.53 bits per heavy atom. The van der Waals surface area contributed by atoms with Crippen LogP contribution in [0.1, 0.15) is 33.1 Å². The van der Waals surface area contributed by atoms with Gasteiger partial charge in [-0.05, 0) is 31.1 Å². The van der Waals surface area contributed by atoms with Gasteiger partial charge in [-0.25, -0.2) is 4.79 Å². The summed E-state index contributed by atoms with van der Waals surface area (Å²) in [5.74, 6) is -0.111. The molecule has 2 aliphatic carbocycles. The summed E-state index contributed by atoms with van der Waals surface area (Å²) in [7, 11) is 0. The number of aliphatic hydroxyl groups is 2. The Morgan fingerprint density at radius 2 is 2.21 bits per heavy atom. The van der Waals surface area contributed by atoms with Gasteiger partial charge in [0.2, 0.25) is 6.29 Å². The molecular formula is C15H20O4. The number of ether oxygens (including phenoxy) is 1. The van der Waals surface area contributed by atoms with E-state index in [1.165, 1.54) is 0 Å². The van der Waals surface area contributed by atoms with Crippen molar-refractivity contribution < 1.29 is 19.7 Å². The highest BCUT2D eigenvalue weighted by atomic mass is 16.7. The van der Waals surface area contributed by atoms with E-state index in [1.54, 1.807) is 6.08 Å². The van der Waals surface area contributed by atoms with Crippen LogP contribution in [0.2, 0.25) is 0 Å². The van der Waals surface area contributed by atoms with Crippen LogP contribution in [-0.2, 0) is 9.53 Å². The number of esters is 1. The Labute approximate surface area is 112 Å². The predicted octanol–water partition coefficient (Wildman–Crippen LogP) is 1.53. The van der Waals surface area contributed by atoms with Crippen molar-refractivity contribution in [2.75, 3.05) is 0 Å². The summed E-state index contributed by atoms with van der Waals surface area (Å²) >= 11 is 0. The molecule has 0 radical (unpaired) electrons. The summed E-state index contributed by atoms with van der Waals surface area (Å²) in [4.78, 5) is 11.8. The SMILES string of the molecule is C=C1C(C)CCC2(C)C1CC=C1C(=O)OC(O)C12O. The van der Waals surface area contributed by atoms with Crippen molar-refractivity contribution >= 4 is 5.97 Å². The molecule has 19 heavy (non-hydrogen) atoms. The summed E-state index contributed by atoms with van der Waals surface area (Å²) in [6, 6.07) is 0. The Balaban J connectivity index is 2.14. The minimum Gasteiger partial charge on any atom is -0.429 e. The lowest BCUT2D eigenvalue weighted by atomic mass is 9.51. The normalized spacial score (nSPS) is 49.3. The molecular weight excluding hydrogens is 244 g/mol. The quantitative estimate of drug-likeness (QED) is 0.514. The molecule has 0 spiro atoms. The van der Waals surface area contributed by atoms with Gasteiger partial charge < -0.3 is 14.9 Å². The van der Waals surface area contributed by atoms with Gasteiger partial charge >= 0.3 is 5.97 Å². The van der Waals surface area contributed by atoms with Crippen molar-refractivity contribution in [2.24, 2.45) is 17.3 Å². The fourth-order valence-corrected chi connectivity index (χ4v) is 4.10. The third kappa shape index (κ3) is 1.33. The van der Waals surface area contributed by atoms with E-state index in [2.05, 4.69) is 13.5 Å². The molecule has 104 valence electrons. The van der Waals surface area contributed by atoms with E-state index in [0.29, 0.717) is 12.3 Å². The highest BCUT2D eigenvalue weighted by molar-refractivity contribution is 5.94. The van der Waals surface area contributed by atoms with Crippen LogP contribution >= 0.6 is 0 Å². The molecule has 0 aromatic heterocycles. The van der Waals surface area contributed by atoms with E-state index >= 15 is 0 Å². The van der Waals surface area contributed by atoms with E-state index < -0.39 is 23.3 Å². The highest BCUT2D eigenvalue weighted by Gasteiger charge is 2.67. The van der Waals surface area contributed by atoms with Crippen LogP contribution in [0.4, 0.5) is 0 Å². The Hall–Kier alpha value is -1.13. The first-order valence-electron chi connectivity index (χ1n) is 6.83. The molecule has 2 N–H and O–H groups in total. The second-order valence-corrected chi connectivity index (χ2v) is 6.36. The fraction of sp³-hybridized carbons (Fsp3) is 0.667. The summed E-state index contributed by atoms with van der Waals surface area (Å²) in [5, 5.41) is 21.0. The molecule has 1 aliphatic heterocycles. The minimum atomic E-state index is -1.60. The van der Waals surface area contributed by atoms with Crippen molar-refractivity contribution in [1.29, 1.82) is 0 Å². The molecule has 0 bridgehead atoms. The summed E-state index contributed by atoms with van der Waals surface area (Å²) in [6.45, 7) is 8.24. The van der Waals surface area contributed by atoms with Gasteiger partial charge in [0.05, 0.1) is 5.57 Å². The third-order valence-corrected chi connectivity index (χ3v) is 5.58. The van der Waals surface area contributed by atoms with Crippen molar-refractivity contribution in [3.63, 3.8) is 0 Å². The predicted molar refractivity (Wildman–Crippen MR) is 68.9 cm³/mol. The maximum atomic E-state index is 11.8. The van der Waals surface area contributed by atoms with Crippen molar-refractivity contribution in [3.8, 4) is 0 Å². The average molecular weight is 264 g/mol. The van der Waals surface area contributed by atoms with Crippen LogP contribution in [0.15, 0.2) is 23.8 Å². The lowest BCUT2D eigenvalue weighted by Gasteiger charge is -2.54. The van der Waals surface area contributed by atoms with Crippen molar-refractivity contribution in [3.05, 3.63) is 23.8 Å². The number of hydrogen-bond acceptors (Lipinski definition) is 4. The second kappa shape index (κ2) is 3.70. The van der Waals surface area contributed by atoms with Gasteiger partial charge in [-0.3, -0.25) is 0 Å². The molecule has 5 atom stereocenters. The zero-order chi connectivity index (χ0) is 14.0. The lowest BCUT2D eigenvalue weighted by Crippen LogP contribution is -2.60. The number of rotatable bonds is 0. The fourth-order valence-electron chi connectivity index (χ4n) is 4.10. The first-order chi connectivity index (χ1) is 8.82. The van der Waals surface area contributed by atoms with E-state index in [4.69, 9.17) is 4.74 Å². The van der Waals surface area contributed by atoms with Gasteiger partial charge in [0.25, 0.3) is 0 Å². The molecule has 1 saturated heterocycles. The molecule has 3 rings (SSSR count). The Bertz CT molecular complexity index is 494. The number of fused-ring (bicyclic) bond motifs is 3. The van der Waals surface area contributed by atoms with Gasteiger partial charge in [-0.15, -0.1) is 0 Å². The van der Waals surface area contributed by atoms with Gasteiger partial charge in [-0.2, -0.15) is 0 Å². The Kier molecular flexibility index (Phi) is 2.51. The number of hydrogen-bond donors (Lipinski definition) is 2. The molecule has 5 unspecified atom stereocenters. The monoisotopic (exact) mass is 264 g/mol. The van der Waals surface area contributed by atoms with Crippen LogP contribution in [-0.4, -0.2) is 28.1 Å². The van der Waals surface area contributed by atoms with Gasteiger partial charge in [0.1, 0.15) is 0 Å². The topological polar surface area (TPSA) is 66.8 Å². The van der Waals surface area contributed by atoms with Crippen LogP contribution in [0, 0.1) is 17.3 Å². The Morgan fingerprint density at radius 3 is 2.89 bits per heavy atom. The molecule has 2 fully saturated rings. The van der Waals surface area contributed by atoms with Crippen LogP contribution in [0.5, 0.6) is 0 Å². The lowest BCUT2D eigenvalue weighted by molar-refractivity contribution is -0.214. The molecule has 4 nitrogen and oxygen atoms in total. The molecule has 1 heterocycles. The molecule has 0 aromatic rings.